The molecule has 0 radical (unpaired) electrons. The van der Waals surface area contributed by atoms with Crippen molar-refractivity contribution < 1.29 is 5.11 Å². The highest BCUT2D eigenvalue weighted by molar-refractivity contribution is 5.31. The predicted octanol–water partition coefficient (Wildman–Crippen LogP) is 2.28. The maximum Gasteiger partial charge on any atom is 0.114 e. The van der Waals surface area contributed by atoms with E-state index in [-0.39, 0.29) is 0 Å². The molecule has 0 saturated heterocycles. The Hall–Kier alpha value is -0.760. The van der Waals surface area contributed by atoms with Crippen LogP contribution in [0.15, 0.2) is 23.5 Å². The standard InChI is InChI=1S/C11H17NO/c12-9-6-5-8(7-9)10-3-1-2-4-11(10)13/h3-4,8-9,13H,1-2,5-7,12H2/t8-,9-/m1/s1. The Kier molecular flexibility index (Phi) is 2.40. The third-order valence-corrected chi connectivity index (χ3v) is 3.08. The molecule has 0 aromatic carbocycles. The van der Waals surface area contributed by atoms with Crippen LogP contribution in [0, 0.1) is 5.92 Å². The van der Waals surface area contributed by atoms with Crippen LogP contribution in [0.2, 0.25) is 0 Å². The molecular formula is C11H17NO. The van der Waals surface area contributed by atoms with E-state index < -0.39 is 0 Å². The molecule has 0 aliphatic heterocycles. The SMILES string of the molecule is N[C@@H]1CC[C@@H](C2=CCCC=C2O)C1. The minimum Gasteiger partial charge on any atom is -0.508 e. The fourth-order valence-electron chi connectivity index (χ4n) is 2.36. The van der Waals surface area contributed by atoms with Crippen LogP contribution in [0.25, 0.3) is 0 Å². The third-order valence-electron chi connectivity index (χ3n) is 3.08. The maximum absolute atomic E-state index is 9.67. The van der Waals surface area contributed by atoms with Crippen LogP contribution in [0.5, 0.6) is 0 Å². The van der Waals surface area contributed by atoms with E-state index in [4.69, 9.17) is 5.73 Å². The van der Waals surface area contributed by atoms with Gasteiger partial charge in [-0.05, 0) is 49.7 Å². The van der Waals surface area contributed by atoms with Crippen LogP contribution >= 0.6 is 0 Å². The molecular weight excluding hydrogens is 162 g/mol. The Morgan fingerprint density at radius 3 is 2.62 bits per heavy atom. The summed E-state index contributed by atoms with van der Waals surface area (Å²) in [6.07, 6.45) is 9.46. The van der Waals surface area contributed by atoms with E-state index in [1.54, 1.807) is 0 Å². The summed E-state index contributed by atoms with van der Waals surface area (Å²) in [5, 5.41) is 9.67. The van der Waals surface area contributed by atoms with Crippen molar-refractivity contribution in [1.29, 1.82) is 0 Å². The Labute approximate surface area is 79.1 Å². The van der Waals surface area contributed by atoms with Crippen molar-refractivity contribution in [1.82, 2.24) is 0 Å². The van der Waals surface area contributed by atoms with Crippen molar-refractivity contribution in [3.63, 3.8) is 0 Å². The summed E-state index contributed by atoms with van der Waals surface area (Å²) in [7, 11) is 0. The molecule has 3 N–H and O–H groups in total. The molecule has 2 heteroatoms. The number of nitrogens with two attached hydrogens (primary N) is 1. The molecule has 2 atom stereocenters. The molecule has 0 spiro atoms. The number of hydrogen-bond donors (Lipinski definition) is 2. The zero-order valence-corrected chi connectivity index (χ0v) is 7.87. The first-order chi connectivity index (χ1) is 6.27. The molecule has 0 bridgehead atoms. The van der Waals surface area contributed by atoms with Gasteiger partial charge in [0.2, 0.25) is 0 Å². The van der Waals surface area contributed by atoms with Crippen molar-refractivity contribution in [3.8, 4) is 0 Å². The summed E-state index contributed by atoms with van der Waals surface area (Å²) in [5.74, 6) is 1.02. The van der Waals surface area contributed by atoms with Crippen molar-refractivity contribution in [3.05, 3.63) is 23.5 Å². The summed E-state index contributed by atoms with van der Waals surface area (Å²) in [6, 6.07) is 0.348. The maximum atomic E-state index is 9.67. The fraction of sp³-hybridized carbons (Fsp3) is 0.636. The van der Waals surface area contributed by atoms with Gasteiger partial charge in [-0.2, -0.15) is 0 Å². The molecule has 2 aliphatic rings. The first kappa shape index (κ1) is 8.82. The molecule has 13 heavy (non-hydrogen) atoms. The highest BCUT2D eigenvalue weighted by atomic mass is 16.3. The van der Waals surface area contributed by atoms with Crippen molar-refractivity contribution >= 4 is 0 Å². The Morgan fingerprint density at radius 1 is 1.23 bits per heavy atom. The van der Waals surface area contributed by atoms with Crippen LogP contribution in [0.1, 0.15) is 32.1 Å². The van der Waals surface area contributed by atoms with Crippen LogP contribution in [0.4, 0.5) is 0 Å². The number of aliphatic hydroxyl groups is 1. The van der Waals surface area contributed by atoms with E-state index in [0.29, 0.717) is 17.7 Å². The molecule has 0 amide bonds. The van der Waals surface area contributed by atoms with E-state index in [9.17, 15) is 5.11 Å². The average molecular weight is 179 g/mol. The van der Waals surface area contributed by atoms with Gasteiger partial charge in [0, 0.05) is 6.04 Å². The minimum absolute atomic E-state index is 0.348. The average Bonchev–Trinajstić information content (AvgIpc) is 2.53. The highest BCUT2D eigenvalue weighted by Crippen LogP contribution is 2.35. The lowest BCUT2D eigenvalue weighted by atomic mass is 9.91. The predicted molar refractivity (Wildman–Crippen MR) is 53.3 cm³/mol. The van der Waals surface area contributed by atoms with Crippen molar-refractivity contribution in [2.45, 2.75) is 38.1 Å². The van der Waals surface area contributed by atoms with Gasteiger partial charge in [-0.3, -0.25) is 0 Å². The molecule has 72 valence electrons. The van der Waals surface area contributed by atoms with Gasteiger partial charge in [0.15, 0.2) is 0 Å². The van der Waals surface area contributed by atoms with Gasteiger partial charge in [-0.1, -0.05) is 6.08 Å². The van der Waals surface area contributed by atoms with Gasteiger partial charge >= 0.3 is 0 Å². The van der Waals surface area contributed by atoms with Gasteiger partial charge in [0.05, 0.1) is 0 Å². The second-order valence-corrected chi connectivity index (χ2v) is 4.10. The number of allylic oxidation sites excluding steroid dienone is 3. The highest BCUT2D eigenvalue weighted by Gasteiger charge is 2.27. The molecule has 2 nitrogen and oxygen atoms in total. The monoisotopic (exact) mass is 179 g/mol. The Morgan fingerprint density at radius 2 is 2.00 bits per heavy atom. The van der Waals surface area contributed by atoms with E-state index >= 15 is 0 Å². The second-order valence-electron chi connectivity index (χ2n) is 4.10. The summed E-state index contributed by atoms with van der Waals surface area (Å²) >= 11 is 0. The zero-order chi connectivity index (χ0) is 9.26. The zero-order valence-electron chi connectivity index (χ0n) is 7.87. The van der Waals surface area contributed by atoms with Crippen LogP contribution in [-0.4, -0.2) is 11.1 Å². The quantitative estimate of drug-likeness (QED) is 0.648. The summed E-state index contributed by atoms with van der Waals surface area (Å²) < 4.78 is 0. The van der Waals surface area contributed by atoms with Crippen LogP contribution < -0.4 is 5.73 Å². The van der Waals surface area contributed by atoms with E-state index in [1.807, 2.05) is 6.08 Å². The Balaban J connectivity index is 2.08. The van der Waals surface area contributed by atoms with E-state index in [1.165, 1.54) is 0 Å². The van der Waals surface area contributed by atoms with E-state index in [2.05, 4.69) is 6.08 Å². The molecule has 2 aliphatic carbocycles. The van der Waals surface area contributed by atoms with Gasteiger partial charge < -0.3 is 10.8 Å². The Bertz CT molecular complexity index is 255. The lowest BCUT2D eigenvalue weighted by Crippen LogP contribution is -2.15. The molecule has 2 rings (SSSR count). The lowest BCUT2D eigenvalue weighted by Gasteiger charge is -2.17. The van der Waals surface area contributed by atoms with Gasteiger partial charge in [0.25, 0.3) is 0 Å². The lowest BCUT2D eigenvalue weighted by molar-refractivity contribution is 0.396. The summed E-state index contributed by atoms with van der Waals surface area (Å²) in [5.41, 5.74) is 7.00. The third kappa shape index (κ3) is 1.78. The molecule has 0 unspecified atom stereocenters. The summed E-state index contributed by atoms with van der Waals surface area (Å²) in [4.78, 5) is 0. The molecule has 1 saturated carbocycles. The van der Waals surface area contributed by atoms with Crippen molar-refractivity contribution in [2.75, 3.05) is 0 Å². The van der Waals surface area contributed by atoms with Gasteiger partial charge in [-0.25, -0.2) is 0 Å². The minimum atomic E-state index is 0.348. The molecule has 0 heterocycles. The molecule has 1 fully saturated rings. The van der Waals surface area contributed by atoms with Gasteiger partial charge in [0.1, 0.15) is 5.76 Å². The smallest absolute Gasteiger partial charge is 0.114 e. The first-order valence-electron chi connectivity index (χ1n) is 5.12. The van der Waals surface area contributed by atoms with Crippen LogP contribution in [0.3, 0.4) is 0 Å². The largest absolute Gasteiger partial charge is 0.508 e. The molecule has 0 aromatic rings. The van der Waals surface area contributed by atoms with Crippen LogP contribution in [-0.2, 0) is 0 Å². The van der Waals surface area contributed by atoms with E-state index in [0.717, 1.165) is 37.7 Å². The second kappa shape index (κ2) is 3.54. The number of hydrogen-bond acceptors (Lipinski definition) is 2. The van der Waals surface area contributed by atoms with Crippen molar-refractivity contribution in [2.24, 2.45) is 11.7 Å². The summed E-state index contributed by atoms with van der Waals surface area (Å²) in [6.45, 7) is 0. The molecule has 0 aromatic heterocycles. The fourth-order valence-corrected chi connectivity index (χ4v) is 2.36. The van der Waals surface area contributed by atoms with Gasteiger partial charge in [-0.15, -0.1) is 0 Å². The number of rotatable bonds is 1. The number of aliphatic hydroxyl groups excluding tert-OH is 1. The first-order valence-corrected chi connectivity index (χ1v) is 5.12. The normalized spacial score (nSPS) is 34.2. The topological polar surface area (TPSA) is 46.2 Å².